The SMILES string of the molecule is O=Nc1cc(N=O)c2c(c1)C(=O)c1cc(N=O)cc(N=O)c1-2.c1conn1. The minimum atomic E-state index is -0.573. The van der Waals surface area contributed by atoms with Gasteiger partial charge >= 0.3 is 0 Å². The lowest BCUT2D eigenvalue weighted by Crippen LogP contribution is -1.94. The van der Waals surface area contributed by atoms with E-state index in [1.165, 1.54) is 24.6 Å². The van der Waals surface area contributed by atoms with Crippen molar-refractivity contribution in [3.63, 3.8) is 0 Å². The Hall–Kier alpha value is -4.35. The molecule has 2 aromatic carbocycles. The lowest BCUT2D eigenvalue weighted by molar-refractivity contribution is 0.104. The number of ketones is 1. The van der Waals surface area contributed by atoms with E-state index in [1.54, 1.807) is 0 Å². The van der Waals surface area contributed by atoms with Crippen molar-refractivity contribution in [2.75, 3.05) is 0 Å². The van der Waals surface area contributed by atoms with Crippen molar-refractivity contribution >= 4 is 28.5 Å². The standard InChI is InChI=1S/C13H4N4O5.C2H2N2O/c18-13-7-1-5(14-19)3-9(16-21)11(7)12-8(13)2-6(15-20)4-10(12)17-22;1-2-5-4-3-1/h1-4H;1-2H. The first-order chi connectivity index (χ1) is 13.1. The fourth-order valence-corrected chi connectivity index (χ4v) is 2.64. The molecule has 27 heavy (non-hydrogen) atoms. The molecule has 12 nitrogen and oxygen atoms in total. The predicted octanol–water partition coefficient (Wildman–Crippen LogP) is 4.56. The van der Waals surface area contributed by atoms with Crippen LogP contribution in [0.5, 0.6) is 0 Å². The van der Waals surface area contributed by atoms with Crippen molar-refractivity contribution in [3.05, 3.63) is 67.5 Å². The molecular weight excluding hydrogens is 360 g/mol. The summed E-state index contributed by atoms with van der Waals surface area (Å²) < 4.78 is 4.22. The maximum atomic E-state index is 12.4. The van der Waals surface area contributed by atoms with Crippen LogP contribution in [-0.4, -0.2) is 16.2 Å². The lowest BCUT2D eigenvalue weighted by Gasteiger charge is -2.05. The van der Waals surface area contributed by atoms with Crippen LogP contribution in [0.4, 0.5) is 22.7 Å². The van der Waals surface area contributed by atoms with E-state index in [2.05, 4.69) is 35.6 Å². The van der Waals surface area contributed by atoms with Gasteiger partial charge < -0.3 is 4.52 Å². The number of fused-ring (bicyclic) bond motifs is 3. The average Bonchev–Trinajstić information content (AvgIpc) is 3.38. The van der Waals surface area contributed by atoms with E-state index in [4.69, 9.17) is 0 Å². The van der Waals surface area contributed by atoms with E-state index in [9.17, 15) is 24.4 Å². The van der Waals surface area contributed by atoms with Crippen LogP contribution in [0, 0.1) is 19.6 Å². The molecule has 0 bridgehead atoms. The Balaban J connectivity index is 0.000000364. The Morgan fingerprint density at radius 1 is 0.741 bits per heavy atom. The van der Waals surface area contributed by atoms with E-state index in [1.807, 2.05) is 0 Å². The third kappa shape index (κ3) is 3.02. The number of carbonyl (C=O) groups is 1. The molecule has 0 N–H and O–H groups in total. The van der Waals surface area contributed by atoms with Crippen molar-refractivity contribution in [3.8, 4) is 11.1 Å². The third-order valence-electron chi connectivity index (χ3n) is 3.63. The van der Waals surface area contributed by atoms with Gasteiger partial charge in [0, 0.05) is 27.5 Å². The minimum absolute atomic E-state index is 0.00495. The molecule has 0 aliphatic heterocycles. The first-order valence-corrected chi connectivity index (χ1v) is 7.10. The second kappa shape index (κ2) is 7.26. The minimum Gasteiger partial charge on any atom is -0.346 e. The molecule has 0 atom stereocenters. The Bertz CT molecular complexity index is 990. The predicted molar refractivity (Wildman–Crippen MR) is 91.4 cm³/mol. The van der Waals surface area contributed by atoms with Gasteiger partial charge in [-0.25, -0.2) is 0 Å². The molecule has 132 valence electrons. The van der Waals surface area contributed by atoms with E-state index < -0.39 is 5.78 Å². The monoisotopic (exact) mass is 366 g/mol. The molecule has 0 radical (unpaired) electrons. The molecule has 0 fully saturated rings. The highest BCUT2D eigenvalue weighted by Gasteiger charge is 2.33. The normalized spacial score (nSPS) is 10.9. The maximum Gasteiger partial charge on any atom is 0.194 e. The second-order valence-electron chi connectivity index (χ2n) is 5.06. The third-order valence-corrected chi connectivity index (χ3v) is 3.63. The highest BCUT2D eigenvalue weighted by molar-refractivity contribution is 6.25. The molecule has 3 aromatic rings. The molecule has 1 aliphatic rings. The largest absolute Gasteiger partial charge is 0.346 e. The van der Waals surface area contributed by atoms with Crippen LogP contribution in [0.3, 0.4) is 0 Å². The Kier molecular flexibility index (Phi) is 4.70. The smallest absolute Gasteiger partial charge is 0.194 e. The quantitative estimate of drug-likeness (QED) is 0.472. The van der Waals surface area contributed by atoms with Crippen molar-refractivity contribution in [2.45, 2.75) is 0 Å². The molecule has 1 aliphatic carbocycles. The van der Waals surface area contributed by atoms with Gasteiger partial charge in [0.2, 0.25) is 0 Å². The number of rotatable bonds is 4. The van der Waals surface area contributed by atoms with Crippen LogP contribution in [0.15, 0.2) is 62.0 Å². The van der Waals surface area contributed by atoms with Crippen LogP contribution in [0.1, 0.15) is 15.9 Å². The first-order valence-electron chi connectivity index (χ1n) is 7.10. The highest BCUT2D eigenvalue weighted by Crippen LogP contribution is 2.50. The molecule has 4 rings (SSSR count). The summed E-state index contributed by atoms with van der Waals surface area (Å²) in [6, 6.07) is 4.56. The maximum absolute atomic E-state index is 12.4. The summed E-state index contributed by atoms with van der Waals surface area (Å²) in [6.45, 7) is 0. The van der Waals surface area contributed by atoms with Crippen LogP contribution in [0.25, 0.3) is 11.1 Å². The van der Waals surface area contributed by atoms with Crippen molar-refractivity contribution in [2.24, 2.45) is 20.7 Å². The number of benzene rings is 2. The average molecular weight is 366 g/mol. The van der Waals surface area contributed by atoms with Gasteiger partial charge in [-0.3, -0.25) is 4.79 Å². The van der Waals surface area contributed by atoms with Gasteiger partial charge in [0.05, 0.1) is 6.20 Å². The van der Waals surface area contributed by atoms with E-state index in [-0.39, 0.29) is 45.0 Å². The summed E-state index contributed by atoms with van der Waals surface area (Å²) in [5.74, 6) is -0.573. The second-order valence-corrected chi connectivity index (χ2v) is 5.06. The summed E-state index contributed by atoms with van der Waals surface area (Å²) in [5, 5.41) is 17.3. The molecule has 0 saturated carbocycles. The molecule has 0 saturated heterocycles. The number of hydrogen-bond donors (Lipinski definition) is 0. The zero-order valence-electron chi connectivity index (χ0n) is 13.1. The topological polar surface area (TPSA) is 174 Å². The molecule has 1 heterocycles. The summed E-state index contributed by atoms with van der Waals surface area (Å²) in [7, 11) is 0. The Morgan fingerprint density at radius 3 is 1.56 bits per heavy atom. The van der Waals surface area contributed by atoms with Crippen LogP contribution >= 0.6 is 0 Å². The van der Waals surface area contributed by atoms with Crippen molar-refractivity contribution in [1.82, 2.24) is 10.4 Å². The molecular formula is C15H6N6O6. The number of aromatic nitrogens is 2. The fourth-order valence-electron chi connectivity index (χ4n) is 2.64. The van der Waals surface area contributed by atoms with Crippen LogP contribution < -0.4 is 0 Å². The molecule has 0 amide bonds. The zero-order valence-corrected chi connectivity index (χ0v) is 13.1. The first kappa shape index (κ1) is 17.5. The summed E-state index contributed by atoms with van der Waals surface area (Å²) in [4.78, 5) is 55.7. The van der Waals surface area contributed by atoms with Crippen LogP contribution in [-0.2, 0) is 0 Å². The van der Waals surface area contributed by atoms with Gasteiger partial charge in [0.15, 0.2) is 5.78 Å². The van der Waals surface area contributed by atoms with Crippen LogP contribution in [0.2, 0.25) is 0 Å². The Labute approximate surface area is 148 Å². The van der Waals surface area contributed by atoms with Gasteiger partial charge in [-0.2, -0.15) is 0 Å². The molecule has 0 spiro atoms. The number of carbonyl (C=O) groups excluding carboxylic acids is 1. The van der Waals surface area contributed by atoms with E-state index >= 15 is 0 Å². The number of nitroso groups, excluding NO2 is 4. The van der Waals surface area contributed by atoms with Crippen molar-refractivity contribution < 1.29 is 9.32 Å². The fraction of sp³-hybridized carbons (Fsp3) is 0. The number of hydrogen-bond acceptors (Lipinski definition) is 12. The molecule has 0 unspecified atom stereocenters. The Morgan fingerprint density at radius 2 is 1.26 bits per heavy atom. The van der Waals surface area contributed by atoms with Gasteiger partial charge in [-0.1, -0.05) is 0 Å². The summed E-state index contributed by atoms with van der Waals surface area (Å²) in [5.41, 5.74) is -0.548. The molecule has 12 heteroatoms. The van der Waals surface area contributed by atoms with Crippen molar-refractivity contribution in [1.29, 1.82) is 0 Å². The van der Waals surface area contributed by atoms with Gasteiger partial charge in [0.1, 0.15) is 29.0 Å². The number of nitrogens with zero attached hydrogens (tertiary/aromatic N) is 6. The van der Waals surface area contributed by atoms with Gasteiger partial charge in [0.25, 0.3) is 0 Å². The lowest BCUT2D eigenvalue weighted by atomic mass is 10.0. The van der Waals surface area contributed by atoms with E-state index in [0.717, 1.165) is 12.1 Å². The van der Waals surface area contributed by atoms with E-state index in [0.29, 0.717) is 0 Å². The molecule has 1 aromatic heterocycles. The summed E-state index contributed by atoms with van der Waals surface area (Å²) in [6.07, 6.45) is 2.88. The van der Waals surface area contributed by atoms with Gasteiger partial charge in [-0.05, 0) is 45.0 Å². The van der Waals surface area contributed by atoms with Gasteiger partial charge in [-0.15, -0.1) is 24.7 Å². The summed E-state index contributed by atoms with van der Waals surface area (Å²) >= 11 is 0. The zero-order chi connectivity index (χ0) is 19.4. The highest BCUT2D eigenvalue weighted by atomic mass is 16.5.